The van der Waals surface area contributed by atoms with Crippen molar-refractivity contribution in [2.24, 2.45) is 5.73 Å². The highest BCUT2D eigenvalue weighted by Crippen LogP contribution is 2.29. The predicted octanol–water partition coefficient (Wildman–Crippen LogP) is 3.30. The molecule has 100 valence electrons. The summed E-state index contributed by atoms with van der Waals surface area (Å²) in [6, 6.07) is 9.74. The van der Waals surface area contributed by atoms with Gasteiger partial charge in [0.2, 0.25) is 0 Å². The minimum Gasteiger partial charge on any atom is -0.368 e. The van der Waals surface area contributed by atoms with Crippen LogP contribution in [0.4, 0.5) is 5.69 Å². The molecule has 1 aliphatic rings. The molecular weight excluding hydrogens is 220 g/mol. The van der Waals surface area contributed by atoms with Gasteiger partial charge in [-0.1, -0.05) is 32.9 Å². The molecule has 2 nitrogen and oxygen atoms in total. The molecule has 2 N–H and O–H groups in total. The molecule has 2 heteroatoms. The second-order valence-electron chi connectivity index (χ2n) is 6.36. The normalized spacial score (nSPS) is 20.4. The third-order valence-electron chi connectivity index (χ3n) is 3.94. The Kier molecular flexibility index (Phi) is 3.96. The van der Waals surface area contributed by atoms with Crippen molar-refractivity contribution in [2.75, 3.05) is 18.0 Å². The standard InChI is InChI=1S/C16H26N2/c1-16(2,3)13-6-8-15(9-7-13)18-12-4-5-14(18)10-11-17/h6-9,14H,4-5,10-12,17H2,1-3H3. The molecule has 0 saturated carbocycles. The minimum atomic E-state index is 0.236. The van der Waals surface area contributed by atoms with Crippen molar-refractivity contribution in [3.63, 3.8) is 0 Å². The van der Waals surface area contributed by atoms with Gasteiger partial charge in [-0.2, -0.15) is 0 Å². The van der Waals surface area contributed by atoms with Crippen LogP contribution < -0.4 is 10.6 Å². The number of nitrogens with two attached hydrogens (primary N) is 1. The Bertz CT molecular complexity index is 375. The molecule has 1 fully saturated rings. The molecule has 1 atom stereocenters. The molecule has 0 aromatic heterocycles. The van der Waals surface area contributed by atoms with Crippen LogP contribution >= 0.6 is 0 Å². The second-order valence-corrected chi connectivity index (χ2v) is 6.36. The number of rotatable bonds is 3. The smallest absolute Gasteiger partial charge is 0.0368 e. The van der Waals surface area contributed by atoms with Crippen molar-refractivity contribution < 1.29 is 0 Å². The Labute approximate surface area is 111 Å². The number of benzene rings is 1. The molecule has 0 spiro atoms. The first-order chi connectivity index (χ1) is 8.52. The molecule has 1 aromatic carbocycles. The average molecular weight is 246 g/mol. The quantitative estimate of drug-likeness (QED) is 0.886. The van der Waals surface area contributed by atoms with Crippen LogP contribution in [0.15, 0.2) is 24.3 Å². The number of anilines is 1. The molecular formula is C16H26N2. The van der Waals surface area contributed by atoms with Crippen molar-refractivity contribution in [1.29, 1.82) is 0 Å². The van der Waals surface area contributed by atoms with Gasteiger partial charge in [0.1, 0.15) is 0 Å². The highest BCUT2D eigenvalue weighted by Gasteiger charge is 2.24. The van der Waals surface area contributed by atoms with E-state index in [0.717, 1.165) is 13.0 Å². The molecule has 1 unspecified atom stereocenters. The van der Waals surface area contributed by atoms with E-state index in [2.05, 4.69) is 49.9 Å². The molecule has 0 amide bonds. The summed E-state index contributed by atoms with van der Waals surface area (Å²) in [6.07, 6.45) is 3.70. The van der Waals surface area contributed by atoms with Crippen LogP contribution in [0.1, 0.15) is 45.6 Å². The molecule has 18 heavy (non-hydrogen) atoms. The SMILES string of the molecule is CC(C)(C)c1ccc(N2CCCC2CCN)cc1. The van der Waals surface area contributed by atoms with E-state index in [0.29, 0.717) is 6.04 Å². The van der Waals surface area contributed by atoms with Gasteiger partial charge in [0.15, 0.2) is 0 Å². The van der Waals surface area contributed by atoms with Crippen molar-refractivity contribution in [2.45, 2.75) is 51.5 Å². The fourth-order valence-corrected chi connectivity index (χ4v) is 2.82. The predicted molar refractivity (Wildman–Crippen MR) is 79.2 cm³/mol. The van der Waals surface area contributed by atoms with E-state index in [1.54, 1.807) is 0 Å². The van der Waals surface area contributed by atoms with Crippen LogP contribution in [0.25, 0.3) is 0 Å². The Hall–Kier alpha value is -1.02. The Morgan fingerprint density at radius 2 is 1.89 bits per heavy atom. The molecule has 1 aromatic rings. The Morgan fingerprint density at radius 3 is 2.44 bits per heavy atom. The fourth-order valence-electron chi connectivity index (χ4n) is 2.82. The molecule has 0 aliphatic carbocycles. The first-order valence-electron chi connectivity index (χ1n) is 7.09. The van der Waals surface area contributed by atoms with Gasteiger partial charge < -0.3 is 10.6 Å². The molecule has 1 heterocycles. The van der Waals surface area contributed by atoms with Gasteiger partial charge in [0.25, 0.3) is 0 Å². The van der Waals surface area contributed by atoms with Crippen molar-refractivity contribution in [3.05, 3.63) is 29.8 Å². The van der Waals surface area contributed by atoms with Crippen molar-refractivity contribution in [3.8, 4) is 0 Å². The maximum absolute atomic E-state index is 5.70. The molecule has 1 aliphatic heterocycles. The lowest BCUT2D eigenvalue weighted by molar-refractivity contribution is 0.589. The van der Waals surface area contributed by atoms with Crippen LogP contribution in [0, 0.1) is 0 Å². The Morgan fingerprint density at radius 1 is 1.22 bits per heavy atom. The van der Waals surface area contributed by atoms with E-state index < -0.39 is 0 Å². The lowest BCUT2D eigenvalue weighted by Gasteiger charge is -2.27. The first-order valence-corrected chi connectivity index (χ1v) is 7.09. The lowest BCUT2D eigenvalue weighted by atomic mass is 9.87. The summed E-state index contributed by atoms with van der Waals surface area (Å²) in [4.78, 5) is 2.53. The van der Waals surface area contributed by atoms with Gasteiger partial charge in [-0.3, -0.25) is 0 Å². The second kappa shape index (κ2) is 5.31. The summed E-state index contributed by atoms with van der Waals surface area (Å²) in [5, 5.41) is 0. The van der Waals surface area contributed by atoms with Crippen LogP contribution in [-0.4, -0.2) is 19.1 Å². The van der Waals surface area contributed by atoms with Gasteiger partial charge >= 0.3 is 0 Å². The van der Waals surface area contributed by atoms with E-state index in [-0.39, 0.29) is 5.41 Å². The highest BCUT2D eigenvalue weighted by molar-refractivity contribution is 5.50. The van der Waals surface area contributed by atoms with Crippen LogP contribution in [0.5, 0.6) is 0 Å². The van der Waals surface area contributed by atoms with Crippen molar-refractivity contribution >= 4 is 5.69 Å². The summed E-state index contributed by atoms with van der Waals surface area (Å²) in [7, 11) is 0. The summed E-state index contributed by atoms with van der Waals surface area (Å²) < 4.78 is 0. The fraction of sp³-hybridized carbons (Fsp3) is 0.625. The van der Waals surface area contributed by atoms with E-state index in [1.165, 1.54) is 30.6 Å². The van der Waals surface area contributed by atoms with Crippen LogP contribution in [0.3, 0.4) is 0 Å². The summed E-state index contributed by atoms with van der Waals surface area (Å²) in [5.41, 5.74) is 8.70. The lowest BCUT2D eigenvalue weighted by Crippen LogP contribution is -2.31. The maximum Gasteiger partial charge on any atom is 0.0368 e. The number of nitrogens with zero attached hydrogens (tertiary/aromatic N) is 1. The van der Waals surface area contributed by atoms with Gasteiger partial charge in [0.05, 0.1) is 0 Å². The largest absolute Gasteiger partial charge is 0.368 e. The number of hydrogen-bond acceptors (Lipinski definition) is 2. The van der Waals surface area contributed by atoms with Gasteiger partial charge in [0, 0.05) is 18.3 Å². The van der Waals surface area contributed by atoms with Gasteiger partial charge in [-0.15, -0.1) is 0 Å². The highest BCUT2D eigenvalue weighted by atomic mass is 15.2. The monoisotopic (exact) mass is 246 g/mol. The maximum atomic E-state index is 5.70. The van der Waals surface area contributed by atoms with E-state index in [9.17, 15) is 0 Å². The summed E-state index contributed by atoms with van der Waals surface area (Å²) >= 11 is 0. The zero-order valence-electron chi connectivity index (χ0n) is 11.9. The summed E-state index contributed by atoms with van der Waals surface area (Å²) in [6.45, 7) is 8.75. The first kappa shape index (κ1) is 13.4. The average Bonchev–Trinajstić information content (AvgIpc) is 2.77. The van der Waals surface area contributed by atoms with Crippen molar-refractivity contribution in [1.82, 2.24) is 0 Å². The van der Waals surface area contributed by atoms with E-state index >= 15 is 0 Å². The van der Waals surface area contributed by atoms with Crippen LogP contribution in [0.2, 0.25) is 0 Å². The van der Waals surface area contributed by atoms with E-state index in [1.807, 2.05) is 0 Å². The molecule has 1 saturated heterocycles. The third kappa shape index (κ3) is 2.86. The zero-order chi connectivity index (χ0) is 13.2. The molecule has 0 bridgehead atoms. The molecule has 2 rings (SSSR count). The summed E-state index contributed by atoms with van der Waals surface area (Å²) in [5.74, 6) is 0. The van der Waals surface area contributed by atoms with Gasteiger partial charge in [-0.25, -0.2) is 0 Å². The Balaban J connectivity index is 2.14. The number of hydrogen-bond donors (Lipinski definition) is 1. The van der Waals surface area contributed by atoms with Gasteiger partial charge in [-0.05, 0) is 48.9 Å². The van der Waals surface area contributed by atoms with Crippen LogP contribution in [-0.2, 0) is 5.41 Å². The minimum absolute atomic E-state index is 0.236. The third-order valence-corrected chi connectivity index (χ3v) is 3.94. The van der Waals surface area contributed by atoms with E-state index in [4.69, 9.17) is 5.73 Å². The zero-order valence-corrected chi connectivity index (χ0v) is 11.9. The topological polar surface area (TPSA) is 29.3 Å². The molecule has 0 radical (unpaired) electrons.